The standard InChI is InChI=1S/C23H25N7O/c1-13-24-14(2)30(28-13)21-11-19(26-23(27-21)31-12-15-8-9-15)16-10-17(16)22-25-18-6-4-5-7-20(18)29(22)3/h4-7,11,15-17H,8-10,12H2,1-3H3/t16-,17-/m1/s1. The summed E-state index contributed by atoms with van der Waals surface area (Å²) >= 11 is 0. The zero-order valence-electron chi connectivity index (χ0n) is 18.0. The van der Waals surface area contributed by atoms with Crippen LogP contribution in [0.5, 0.6) is 6.01 Å². The summed E-state index contributed by atoms with van der Waals surface area (Å²) in [5.41, 5.74) is 3.19. The van der Waals surface area contributed by atoms with Crippen molar-refractivity contribution in [2.45, 2.75) is 44.9 Å². The Hall–Kier alpha value is -3.29. The molecule has 0 unspecified atom stereocenters. The van der Waals surface area contributed by atoms with E-state index in [1.807, 2.05) is 26.0 Å². The maximum absolute atomic E-state index is 5.97. The van der Waals surface area contributed by atoms with E-state index in [4.69, 9.17) is 14.7 Å². The van der Waals surface area contributed by atoms with E-state index >= 15 is 0 Å². The second kappa shape index (κ2) is 6.87. The van der Waals surface area contributed by atoms with Crippen molar-refractivity contribution in [3.63, 3.8) is 0 Å². The molecule has 0 radical (unpaired) electrons. The molecule has 158 valence electrons. The molecule has 3 heterocycles. The SMILES string of the molecule is Cc1nc(C)n(-c2cc([C@@H]3C[C@H]3c3nc4ccccc4n3C)nc(OCC3CC3)n2)n1. The number of ether oxygens (including phenoxy) is 1. The largest absolute Gasteiger partial charge is 0.463 e. The van der Waals surface area contributed by atoms with Gasteiger partial charge in [0.25, 0.3) is 0 Å². The molecule has 8 heteroatoms. The highest BCUT2D eigenvalue weighted by atomic mass is 16.5. The van der Waals surface area contributed by atoms with Crippen molar-refractivity contribution in [3.05, 3.63) is 53.5 Å². The number of benzene rings is 1. The summed E-state index contributed by atoms with van der Waals surface area (Å²) in [6.07, 6.45) is 3.47. The minimum atomic E-state index is 0.297. The van der Waals surface area contributed by atoms with Crippen LogP contribution in [0.3, 0.4) is 0 Å². The van der Waals surface area contributed by atoms with Crippen molar-refractivity contribution in [2.75, 3.05) is 6.61 Å². The van der Waals surface area contributed by atoms with Gasteiger partial charge in [-0.15, -0.1) is 5.10 Å². The second-order valence-corrected chi connectivity index (χ2v) is 8.77. The van der Waals surface area contributed by atoms with Gasteiger partial charge in [0.1, 0.15) is 17.5 Å². The van der Waals surface area contributed by atoms with Crippen LogP contribution in [-0.2, 0) is 7.05 Å². The van der Waals surface area contributed by atoms with Gasteiger partial charge in [0, 0.05) is 24.9 Å². The smallest absolute Gasteiger partial charge is 0.318 e. The Morgan fingerprint density at radius 2 is 1.87 bits per heavy atom. The normalized spacial score (nSPS) is 20.4. The van der Waals surface area contributed by atoms with Crippen molar-refractivity contribution < 1.29 is 4.74 Å². The summed E-state index contributed by atoms with van der Waals surface area (Å²) in [5, 5.41) is 4.51. The Kier molecular flexibility index (Phi) is 4.09. The van der Waals surface area contributed by atoms with Crippen LogP contribution in [0.25, 0.3) is 16.9 Å². The van der Waals surface area contributed by atoms with Crippen molar-refractivity contribution in [2.24, 2.45) is 13.0 Å². The molecule has 2 aliphatic carbocycles. The minimum absolute atomic E-state index is 0.297. The Morgan fingerprint density at radius 1 is 1.03 bits per heavy atom. The third kappa shape index (κ3) is 3.36. The summed E-state index contributed by atoms with van der Waals surface area (Å²) in [7, 11) is 2.09. The van der Waals surface area contributed by atoms with Crippen molar-refractivity contribution >= 4 is 11.0 Å². The third-order valence-electron chi connectivity index (χ3n) is 6.27. The van der Waals surface area contributed by atoms with Gasteiger partial charge in [-0.1, -0.05) is 12.1 Å². The Bertz CT molecular complexity index is 1290. The zero-order chi connectivity index (χ0) is 21.1. The minimum Gasteiger partial charge on any atom is -0.463 e. The predicted octanol–water partition coefficient (Wildman–Crippen LogP) is 3.62. The van der Waals surface area contributed by atoms with Crippen molar-refractivity contribution in [3.8, 4) is 11.8 Å². The van der Waals surface area contributed by atoms with Gasteiger partial charge < -0.3 is 9.30 Å². The molecule has 2 fully saturated rings. The lowest BCUT2D eigenvalue weighted by molar-refractivity contribution is 0.275. The van der Waals surface area contributed by atoms with Gasteiger partial charge in [-0.2, -0.15) is 14.6 Å². The molecule has 2 aliphatic rings. The van der Waals surface area contributed by atoms with Crippen LogP contribution in [0.2, 0.25) is 0 Å². The summed E-state index contributed by atoms with van der Waals surface area (Å²) in [6, 6.07) is 10.7. The van der Waals surface area contributed by atoms with Gasteiger partial charge in [-0.25, -0.2) is 9.97 Å². The van der Waals surface area contributed by atoms with Gasteiger partial charge in [0.2, 0.25) is 0 Å². The number of imidazole rings is 1. The molecule has 1 aromatic carbocycles. The molecule has 0 bridgehead atoms. The molecule has 0 amide bonds. The lowest BCUT2D eigenvalue weighted by Gasteiger charge is -2.10. The van der Waals surface area contributed by atoms with Crippen LogP contribution in [-0.4, -0.2) is 40.9 Å². The van der Waals surface area contributed by atoms with E-state index in [1.54, 1.807) is 4.68 Å². The van der Waals surface area contributed by atoms with E-state index in [1.165, 1.54) is 12.8 Å². The molecule has 0 N–H and O–H groups in total. The molecule has 8 nitrogen and oxygen atoms in total. The first-order valence-electron chi connectivity index (χ1n) is 10.9. The number of aryl methyl sites for hydroxylation is 3. The molecule has 3 aromatic heterocycles. The van der Waals surface area contributed by atoms with Crippen LogP contribution >= 0.6 is 0 Å². The van der Waals surface area contributed by atoms with E-state index in [2.05, 4.69) is 44.9 Å². The van der Waals surface area contributed by atoms with E-state index < -0.39 is 0 Å². The number of hydrogen-bond acceptors (Lipinski definition) is 6. The lowest BCUT2D eigenvalue weighted by Crippen LogP contribution is -2.09. The quantitative estimate of drug-likeness (QED) is 0.478. The fraction of sp³-hybridized carbons (Fsp3) is 0.435. The molecule has 0 spiro atoms. The maximum Gasteiger partial charge on any atom is 0.318 e. The number of fused-ring (bicyclic) bond motifs is 1. The Balaban J connectivity index is 1.35. The van der Waals surface area contributed by atoms with E-state index in [-0.39, 0.29) is 0 Å². The molecule has 0 saturated heterocycles. The van der Waals surface area contributed by atoms with Gasteiger partial charge >= 0.3 is 6.01 Å². The topological polar surface area (TPSA) is 83.5 Å². The number of rotatable bonds is 6. The number of nitrogens with zero attached hydrogens (tertiary/aromatic N) is 7. The Labute approximate surface area is 180 Å². The van der Waals surface area contributed by atoms with Crippen LogP contribution < -0.4 is 4.74 Å². The predicted molar refractivity (Wildman–Crippen MR) is 115 cm³/mol. The first kappa shape index (κ1) is 18.5. The molecule has 31 heavy (non-hydrogen) atoms. The van der Waals surface area contributed by atoms with Crippen molar-refractivity contribution in [1.82, 2.24) is 34.3 Å². The van der Waals surface area contributed by atoms with Crippen LogP contribution in [0.1, 0.15) is 54.3 Å². The average Bonchev–Trinajstić information content (AvgIpc) is 3.68. The molecule has 2 saturated carbocycles. The van der Waals surface area contributed by atoms with Gasteiger partial charge in [-0.05, 0) is 51.2 Å². The average molecular weight is 416 g/mol. The van der Waals surface area contributed by atoms with Gasteiger partial charge in [0.05, 0.1) is 23.3 Å². The van der Waals surface area contributed by atoms with Crippen LogP contribution in [0.15, 0.2) is 30.3 Å². The molecule has 4 aromatic rings. The number of aromatic nitrogens is 7. The fourth-order valence-corrected chi connectivity index (χ4v) is 4.31. The lowest BCUT2D eigenvalue weighted by atomic mass is 10.2. The van der Waals surface area contributed by atoms with Gasteiger partial charge in [-0.3, -0.25) is 0 Å². The monoisotopic (exact) mass is 415 g/mol. The number of para-hydroxylation sites is 2. The number of hydrogen-bond donors (Lipinski definition) is 0. The first-order chi connectivity index (χ1) is 15.1. The van der Waals surface area contributed by atoms with Crippen LogP contribution in [0, 0.1) is 19.8 Å². The highest BCUT2D eigenvalue weighted by Gasteiger charge is 2.44. The highest BCUT2D eigenvalue weighted by molar-refractivity contribution is 5.76. The molecule has 2 atom stereocenters. The van der Waals surface area contributed by atoms with Crippen molar-refractivity contribution in [1.29, 1.82) is 0 Å². The Morgan fingerprint density at radius 3 is 2.61 bits per heavy atom. The summed E-state index contributed by atoms with van der Waals surface area (Å²) in [4.78, 5) is 18.8. The zero-order valence-corrected chi connectivity index (χ0v) is 18.0. The third-order valence-corrected chi connectivity index (χ3v) is 6.27. The molecular formula is C23H25N7O. The summed E-state index contributed by atoms with van der Waals surface area (Å²) in [6.45, 7) is 4.50. The summed E-state index contributed by atoms with van der Waals surface area (Å²) < 4.78 is 9.95. The van der Waals surface area contributed by atoms with E-state index in [0.717, 1.165) is 40.6 Å². The van der Waals surface area contributed by atoms with Crippen LogP contribution in [0.4, 0.5) is 0 Å². The molecular weight excluding hydrogens is 390 g/mol. The highest BCUT2D eigenvalue weighted by Crippen LogP contribution is 2.54. The van der Waals surface area contributed by atoms with Gasteiger partial charge in [0.15, 0.2) is 5.82 Å². The maximum atomic E-state index is 5.97. The molecule has 0 aliphatic heterocycles. The van der Waals surface area contributed by atoms with E-state index in [9.17, 15) is 0 Å². The first-order valence-corrected chi connectivity index (χ1v) is 10.9. The second-order valence-electron chi connectivity index (χ2n) is 8.77. The summed E-state index contributed by atoms with van der Waals surface area (Å²) in [5.74, 6) is 4.63. The molecule has 6 rings (SSSR count). The van der Waals surface area contributed by atoms with E-state index in [0.29, 0.717) is 36.2 Å². The fourth-order valence-electron chi connectivity index (χ4n) is 4.31.